The third-order valence-electron chi connectivity index (χ3n) is 6.35. The van der Waals surface area contributed by atoms with E-state index in [2.05, 4.69) is 5.32 Å². The number of hydrogen-bond acceptors (Lipinski definition) is 4. The van der Waals surface area contributed by atoms with E-state index in [1.54, 1.807) is 0 Å². The van der Waals surface area contributed by atoms with Crippen molar-refractivity contribution in [2.24, 2.45) is 5.92 Å². The van der Waals surface area contributed by atoms with Gasteiger partial charge in [-0.05, 0) is 49.3 Å². The zero-order valence-electron chi connectivity index (χ0n) is 15.9. The second-order valence-electron chi connectivity index (χ2n) is 7.91. The second kappa shape index (κ2) is 6.22. The maximum Gasteiger partial charge on any atom is 0.336 e. The van der Waals surface area contributed by atoms with Crippen LogP contribution in [0.25, 0.3) is 11.0 Å². The highest BCUT2D eigenvalue weighted by atomic mass is 16.4. The number of urea groups is 1. The molecule has 1 aliphatic carbocycles. The van der Waals surface area contributed by atoms with Crippen LogP contribution in [-0.2, 0) is 11.3 Å². The highest BCUT2D eigenvalue weighted by molar-refractivity contribution is 6.07. The molecule has 27 heavy (non-hydrogen) atoms. The number of nitrogens with zero attached hydrogens (tertiary/aromatic N) is 1. The normalized spacial score (nSPS) is 25.4. The summed E-state index contributed by atoms with van der Waals surface area (Å²) in [4.78, 5) is 39.2. The van der Waals surface area contributed by atoms with Crippen molar-refractivity contribution in [3.63, 3.8) is 0 Å². The van der Waals surface area contributed by atoms with Crippen molar-refractivity contribution in [1.82, 2.24) is 10.2 Å². The number of nitrogens with one attached hydrogen (secondary N) is 1. The SMILES string of the molecule is Cc1ccc2c(CN3C(=O)NC4(CCCCC4C)C3=O)cc(=O)oc2c1C. The van der Waals surface area contributed by atoms with Gasteiger partial charge in [0.2, 0.25) is 0 Å². The van der Waals surface area contributed by atoms with Crippen molar-refractivity contribution in [1.29, 1.82) is 0 Å². The van der Waals surface area contributed by atoms with Crippen LogP contribution < -0.4 is 10.9 Å². The van der Waals surface area contributed by atoms with E-state index in [-0.39, 0.29) is 24.4 Å². The van der Waals surface area contributed by atoms with Gasteiger partial charge in [0.25, 0.3) is 5.91 Å². The number of carbonyl (C=O) groups is 2. The second-order valence-corrected chi connectivity index (χ2v) is 7.91. The maximum atomic E-state index is 13.2. The predicted molar refractivity (Wildman–Crippen MR) is 101 cm³/mol. The fourth-order valence-corrected chi connectivity index (χ4v) is 4.46. The minimum absolute atomic E-state index is 0.0732. The Morgan fingerprint density at radius 2 is 2.00 bits per heavy atom. The van der Waals surface area contributed by atoms with Gasteiger partial charge in [0.05, 0.1) is 6.54 Å². The summed E-state index contributed by atoms with van der Waals surface area (Å²) >= 11 is 0. The summed E-state index contributed by atoms with van der Waals surface area (Å²) in [5.41, 5.74) is 1.79. The van der Waals surface area contributed by atoms with Gasteiger partial charge in [-0.3, -0.25) is 9.69 Å². The third kappa shape index (κ3) is 2.66. The fraction of sp³-hybridized carbons (Fsp3) is 0.476. The van der Waals surface area contributed by atoms with E-state index < -0.39 is 11.2 Å². The van der Waals surface area contributed by atoms with E-state index >= 15 is 0 Å². The molecule has 1 aliphatic heterocycles. The first kappa shape index (κ1) is 17.8. The molecule has 2 atom stereocenters. The third-order valence-corrected chi connectivity index (χ3v) is 6.35. The van der Waals surface area contributed by atoms with Crippen molar-refractivity contribution in [3.8, 4) is 0 Å². The molecule has 1 saturated carbocycles. The Balaban J connectivity index is 1.74. The number of hydrogen-bond donors (Lipinski definition) is 1. The summed E-state index contributed by atoms with van der Waals surface area (Å²) in [7, 11) is 0. The molecule has 3 amide bonds. The van der Waals surface area contributed by atoms with Gasteiger partial charge >= 0.3 is 11.7 Å². The number of imide groups is 1. The Hall–Kier alpha value is -2.63. The molecular weight excluding hydrogens is 344 g/mol. The quantitative estimate of drug-likeness (QED) is 0.651. The number of rotatable bonds is 2. The van der Waals surface area contributed by atoms with Crippen LogP contribution in [0.3, 0.4) is 0 Å². The number of amides is 3. The zero-order valence-corrected chi connectivity index (χ0v) is 15.9. The molecule has 4 rings (SSSR count). The molecule has 1 spiro atoms. The predicted octanol–water partition coefficient (Wildman–Crippen LogP) is 3.41. The number of carbonyl (C=O) groups excluding carboxylic acids is 2. The van der Waals surface area contributed by atoms with Gasteiger partial charge in [-0.1, -0.05) is 31.9 Å². The number of benzene rings is 1. The van der Waals surface area contributed by atoms with Crippen molar-refractivity contribution < 1.29 is 14.0 Å². The van der Waals surface area contributed by atoms with Gasteiger partial charge in [-0.15, -0.1) is 0 Å². The molecule has 2 aromatic rings. The van der Waals surface area contributed by atoms with Gasteiger partial charge in [0.15, 0.2) is 0 Å². The summed E-state index contributed by atoms with van der Waals surface area (Å²) in [6.45, 7) is 5.95. The topological polar surface area (TPSA) is 79.6 Å². The lowest BCUT2D eigenvalue weighted by atomic mass is 9.73. The summed E-state index contributed by atoms with van der Waals surface area (Å²) < 4.78 is 5.40. The van der Waals surface area contributed by atoms with Gasteiger partial charge < -0.3 is 9.73 Å². The van der Waals surface area contributed by atoms with Crippen LogP contribution in [0.2, 0.25) is 0 Å². The van der Waals surface area contributed by atoms with Gasteiger partial charge in [-0.2, -0.15) is 0 Å². The maximum absolute atomic E-state index is 13.2. The lowest BCUT2D eigenvalue weighted by Gasteiger charge is -2.36. The molecule has 1 N–H and O–H groups in total. The molecule has 1 aromatic carbocycles. The largest absolute Gasteiger partial charge is 0.422 e. The summed E-state index contributed by atoms with van der Waals surface area (Å²) in [6.07, 6.45) is 3.61. The summed E-state index contributed by atoms with van der Waals surface area (Å²) in [5, 5.41) is 3.72. The van der Waals surface area contributed by atoms with E-state index in [9.17, 15) is 14.4 Å². The first-order chi connectivity index (χ1) is 12.8. The van der Waals surface area contributed by atoms with Crippen LogP contribution in [0.5, 0.6) is 0 Å². The minimum atomic E-state index is -0.795. The zero-order chi connectivity index (χ0) is 19.3. The van der Waals surface area contributed by atoms with Crippen LogP contribution in [0.15, 0.2) is 27.4 Å². The van der Waals surface area contributed by atoms with Gasteiger partial charge in [0.1, 0.15) is 11.1 Å². The molecule has 2 fully saturated rings. The Morgan fingerprint density at radius 3 is 2.74 bits per heavy atom. The number of fused-ring (bicyclic) bond motifs is 1. The summed E-state index contributed by atoms with van der Waals surface area (Å²) in [6, 6.07) is 4.84. The minimum Gasteiger partial charge on any atom is -0.422 e. The number of aryl methyl sites for hydroxylation is 2. The average molecular weight is 368 g/mol. The Bertz CT molecular complexity index is 1010. The monoisotopic (exact) mass is 368 g/mol. The lowest BCUT2D eigenvalue weighted by molar-refractivity contribution is -0.134. The van der Waals surface area contributed by atoms with Crippen molar-refractivity contribution in [2.75, 3.05) is 0 Å². The van der Waals surface area contributed by atoms with Crippen molar-refractivity contribution in [2.45, 2.75) is 58.5 Å². The fourth-order valence-electron chi connectivity index (χ4n) is 4.46. The molecule has 6 heteroatoms. The molecule has 0 bridgehead atoms. The Morgan fingerprint density at radius 1 is 1.22 bits per heavy atom. The molecule has 1 aromatic heterocycles. The van der Waals surface area contributed by atoms with Crippen molar-refractivity contribution >= 4 is 22.9 Å². The van der Waals surface area contributed by atoms with E-state index in [0.29, 0.717) is 17.6 Å². The molecule has 0 radical (unpaired) electrons. The molecule has 142 valence electrons. The van der Waals surface area contributed by atoms with E-state index in [0.717, 1.165) is 35.8 Å². The lowest BCUT2D eigenvalue weighted by Crippen LogP contribution is -2.53. The first-order valence-corrected chi connectivity index (χ1v) is 9.50. The van der Waals surface area contributed by atoms with E-state index in [4.69, 9.17) is 4.42 Å². The van der Waals surface area contributed by atoms with Crippen molar-refractivity contribution in [3.05, 3.63) is 45.3 Å². The average Bonchev–Trinajstić information content (AvgIpc) is 2.86. The van der Waals surface area contributed by atoms with Crippen LogP contribution in [-0.4, -0.2) is 22.4 Å². The molecule has 1 saturated heterocycles. The molecule has 2 heterocycles. The van der Waals surface area contributed by atoms with E-state index in [1.807, 2.05) is 32.9 Å². The Kier molecular flexibility index (Phi) is 4.09. The Labute approximate surface area is 157 Å². The van der Waals surface area contributed by atoms with Crippen LogP contribution in [0.4, 0.5) is 4.79 Å². The highest BCUT2D eigenvalue weighted by Crippen LogP contribution is 2.39. The van der Waals surface area contributed by atoms with Gasteiger partial charge in [0, 0.05) is 11.5 Å². The van der Waals surface area contributed by atoms with E-state index in [1.165, 1.54) is 11.0 Å². The smallest absolute Gasteiger partial charge is 0.336 e. The van der Waals surface area contributed by atoms with Gasteiger partial charge in [-0.25, -0.2) is 9.59 Å². The van der Waals surface area contributed by atoms with Crippen LogP contribution >= 0.6 is 0 Å². The molecule has 2 unspecified atom stereocenters. The van der Waals surface area contributed by atoms with Crippen LogP contribution in [0.1, 0.15) is 49.3 Å². The standard InChI is InChI=1S/C21H24N2O4/c1-12-7-8-16-15(10-17(24)27-18(16)14(12)3)11-23-19(25)21(22-20(23)26)9-5-4-6-13(21)2/h7-8,10,13H,4-6,9,11H2,1-3H3,(H,22,26). The summed E-state index contributed by atoms with van der Waals surface area (Å²) in [5.74, 6) is -0.0693. The molecule has 6 nitrogen and oxygen atoms in total. The van der Waals surface area contributed by atoms with Crippen LogP contribution in [0, 0.1) is 19.8 Å². The first-order valence-electron chi connectivity index (χ1n) is 9.50. The highest BCUT2D eigenvalue weighted by Gasteiger charge is 2.54. The molecule has 2 aliphatic rings. The molecular formula is C21H24N2O4.